The van der Waals surface area contributed by atoms with Crippen LogP contribution < -0.4 is 10.8 Å². The molecule has 0 saturated carbocycles. The molecule has 0 fully saturated rings. The molecule has 3 N–H and O–H groups in total. The van der Waals surface area contributed by atoms with E-state index >= 15 is 0 Å². The Bertz CT molecular complexity index is 936. The molecule has 0 radical (unpaired) electrons. The van der Waals surface area contributed by atoms with Crippen LogP contribution in [0, 0.1) is 0 Å². The fourth-order valence-corrected chi connectivity index (χ4v) is 3.09. The summed E-state index contributed by atoms with van der Waals surface area (Å²) >= 11 is 0. The third-order valence-corrected chi connectivity index (χ3v) is 4.41. The van der Waals surface area contributed by atoms with E-state index in [9.17, 15) is 19.2 Å². The molecule has 3 rings (SSSR count). The van der Waals surface area contributed by atoms with Gasteiger partial charge in [0.25, 0.3) is 0 Å². The molecule has 2 aromatic rings. The van der Waals surface area contributed by atoms with E-state index in [4.69, 9.17) is 5.21 Å². The van der Waals surface area contributed by atoms with Gasteiger partial charge in [0.1, 0.15) is 0 Å². The maximum Gasteiger partial charge on any atom is 0.243 e. The highest BCUT2D eigenvalue weighted by Crippen LogP contribution is 2.32. The predicted octanol–water partition coefficient (Wildman–Crippen LogP) is 2.47. The standard InChI is InChI=1S/C20H18N2O5/c23-16(10-3-4-11-17(24)22-27)21-15-9-5-8-14-18(15)20(26)13-7-2-1-6-12(13)19(14)25/h1-2,5-9,27H,3-4,10-11H2,(H,21,23)(H,22,24). The molecule has 0 aromatic heterocycles. The van der Waals surface area contributed by atoms with Crippen LogP contribution in [-0.4, -0.2) is 28.6 Å². The van der Waals surface area contributed by atoms with Crippen LogP contribution in [0.2, 0.25) is 0 Å². The summed E-state index contributed by atoms with van der Waals surface area (Å²) < 4.78 is 0. The number of benzene rings is 2. The molecule has 7 heteroatoms. The molecule has 138 valence electrons. The number of amides is 2. The number of hydrogen-bond donors (Lipinski definition) is 3. The molecule has 0 aliphatic heterocycles. The monoisotopic (exact) mass is 366 g/mol. The van der Waals surface area contributed by atoms with Crippen LogP contribution >= 0.6 is 0 Å². The van der Waals surface area contributed by atoms with Crippen molar-refractivity contribution < 1.29 is 24.4 Å². The lowest BCUT2D eigenvalue weighted by atomic mass is 9.83. The van der Waals surface area contributed by atoms with E-state index in [2.05, 4.69) is 5.32 Å². The number of ketones is 2. The highest BCUT2D eigenvalue weighted by Gasteiger charge is 2.31. The van der Waals surface area contributed by atoms with Gasteiger partial charge in [-0.1, -0.05) is 36.4 Å². The Morgan fingerprint density at radius 3 is 2.04 bits per heavy atom. The third kappa shape index (κ3) is 3.78. The Morgan fingerprint density at radius 1 is 0.778 bits per heavy atom. The number of hydroxylamine groups is 1. The maximum absolute atomic E-state index is 12.9. The lowest BCUT2D eigenvalue weighted by Gasteiger charge is -2.20. The van der Waals surface area contributed by atoms with Gasteiger partial charge in [-0.25, -0.2) is 5.48 Å². The molecule has 2 aromatic carbocycles. The second-order valence-corrected chi connectivity index (χ2v) is 6.22. The molecule has 2 amide bonds. The summed E-state index contributed by atoms with van der Waals surface area (Å²) in [4.78, 5) is 48.7. The van der Waals surface area contributed by atoms with Crippen molar-refractivity contribution in [1.82, 2.24) is 5.48 Å². The second-order valence-electron chi connectivity index (χ2n) is 6.22. The molecule has 0 atom stereocenters. The van der Waals surface area contributed by atoms with E-state index in [1.54, 1.807) is 42.5 Å². The van der Waals surface area contributed by atoms with Crippen molar-refractivity contribution in [1.29, 1.82) is 0 Å². The number of carbonyl (C=O) groups excluding carboxylic acids is 4. The molecule has 0 bridgehead atoms. The summed E-state index contributed by atoms with van der Waals surface area (Å²) in [5.74, 6) is -1.36. The summed E-state index contributed by atoms with van der Waals surface area (Å²) in [5, 5.41) is 11.1. The van der Waals surface area contributed by atoms with Crippen LogP contribution in [0.3, 0.4) is 0 Å². The molecular formula is C20H18N2O5. The number of unbranched alkanes of at least 4 members (excludes halogenated alkanes) is 1. The Morgan fingerprint density at radius 2 is 1.37 bits per heavy atom. The molecule has 7 nitrogen and oxygen atoms in total. The van der Waals surface area contributed by atoms with Gasteiger partial charge >= 0.3 is 0 Å². The minimum atomic E-state index is -0.504. The number of rotatable bonds is 6. The largest absolute Gasteiger partial charge is 0.325 e. The minimum Gasteiger partial charge on any atom is -0.325 e. The first-order chi connectivity index (χ1) is 13.0. The Hall–Kier alpha value is -3.32. The summed E-state index contributed by atoms with van der Waals surface area (Å²) in [5.41, 5.74) is 3.00. The molecule has 0 heterocycles. The van der Waals surface area contributed by atoms with Crippen LogP contribution in [-0.2, 0) is 9.59 Å². The van der Waals surface area contributed by atoms with Crippen LogP contribution in [0.25, 0.3) is 0 Å². The first-order valence-corrected chi connectivity index (χ1v) is 8.57. The normalized spacial score (nSPS) is 12.2. The average Bonchev–Trinajstić information content (AvgIpc) is 2.69. The van der Waals surface area contributed by atoms with Crippen molar-refractivity contribution in [2.45, 2.75) is 25.7 Å². The van der Waals surface area contributed by atoms with E-state index < -0.39 is 5.91 Å². The highest BCUT2D eigenvalue weighted by atomic mass is 16.5. The Balaban J connectivity index is 1.75. The van der Waals surface area contributed by atoms with Crippen LogP contribution in [0.15, 0.2) is 42.5 Å². The van der Waals surface area contributed by atoms with Crippen LogP contribution in [0.1, 0.15) is 57.5 Å². The zero-order chi connectivity index (χ0) is 19.4. The number of anilines is 1. The second kappa shape index (κ2) is 7.92. The van der Waals surface area contributed by atoms with Gasteiger partial charge in [0, 0.05) is 29.5 Å². The van der Waals surface area contributed by atoms with Gasteiger partial charge < -0.3 is 5.32 Å². The average molecular weight is 366 g/mol. The van der Waals surface area contributed by atoms with Crippen molar-refractivity contribution in [3.63, 3.8) is 0 Å². The zero-order valence-electron chi connectivity index (χ0n) is 14.5. The van der Waals surface area contributed by atoms with Gasteiger partial charge in [-0.2, -0.15) is 0 Å². The van der Waals surface area contributed by atoms with Crippen LogP contribution in [0.4, 0.5) is 5.69 Å². The lowest BCUT2D eigenvalue weighted by Crippen LogP contribution is -2.23. The van der Waals surface area contributed by atoms with Gasteiger partial charge in [-0.3, -0.25) is 24.4 Å². The number of fused-ring (bicyclic) bond motifs is 2. The predicted molar refractivity (Wildman–Crippen MR) is 96.8 cm³/mol. The third-order valence-electron chi connectivity index (χ3n) is 4.41. The summed E-state index contributed by atoms with van der Waals surface area (Å²) in [7, 11) is 0. The number of nitrogens with one attached hydrogen (secondary N) is 2. The van der Waals surface area contributed by atoms with Gasteiger partial charge in [-0.15, -0.1) is 0 Å². The maximum atomic E-state index is 12.9. The van der Waals surface area contributed by atoms with Crippen molar-refractivity contribution >= 4 is 29.1 Å². The summed E-state index contributed by atoms with van der Waals surface area (Å²) in [6.45, 7) is 0. The molecule has 1 aliphatic rings. The zero-order valence-corrected chi connectivity index (χ0v) is 14.5. The van der Waals surface area contributed by atoms with Gasteiger partial charge in [0.05, 0.1) is 11.3 Å². The summed E-state index contributed by atoms with van der Waals surface area (Å²) in [6.07, 6.45) is 1.16. The first-order valence-electron chi connectivity index (χ1n) is 8.57. The Labute approximate surface area is 155 Å². The van der Waals surface area contributed by atoms with E-state index in [-0.39, 0.29) is 41.4 Å². The lowest BCUT2D eigenvalue weighted by molar-refractivity contribution is -0.129. The van der Waals surface area contributed by atoms with E-state index in [1.165, 1.54) is 5.48 Å². The quantitative estimate of drug-likeness (QED) is 0.352. The molecule has 1 aliphatic carbocycles. The molecule has 0 saturated heterocycles. The molecule has 0 unspecified atom stereocenters. The van der Waals surface area contributed by atoms with Gasteiger partial charge in [0.2, 0.25) is 11.8 Å². The smallest absolute Gasteiger partial charge is 0.243 e. The van der Waals surface area contributed by atoms with E-state index in [1.807, 2.05) is 0 Å². The van der Waals surface area contributed by atoms with Crippen molar-refractivity contribution in [3.05, 3.63) is 64.7 Å². The van der Waals surface area contributed by atoms with E-state index in [0.717, 1.165) is 0 Å². The topological polar surface area (TPSA) is 113 Å². The van der Waals surface area contributed by atoms with Crippen molar-refractivity contribution in [3.8, 4) is 0 Å². The molecule has 27 heavy (non-hydrogen) atoms. The minimum absolute atomic E-state index is 0.119. The molecular weight excluding hydrogens is 348 g/mol. The van der Waals surface area contributed by atoms with Gasteiger partial charge in [0.15, 0.2) is 11.6 Å². The summed E-state index contributed by atoms with van der Waals surface area (Å²) in [6, 6.07) is 11.4. The van der Waals surface area contributed by atoms with Crippen molar-refractivity contribution in [2.24, 2.45) is 0 Å². The fourth-order valence-electron chi connectivity index (χ4n) is 3.09. The fraction of sp³-hybridized carbons (Fsp3) is 0.200. The van der Waals surface area contributed by atoms with Crippen molar-refractivity contribution in [2.75, 3.05) is 5.32 Å². The van der Waals surface area contributed by atoms with Gasteiger partial charge in [-0.05, 0) is 18.9 Å². The number of hydrogen-bond acceptors (Lipinski definition) is 5. The number of carbonyl (C=O) groups is 4. The molecule has 0 spiro atoms. The Kier molecular flexibility index (Phi) is 5.42. The SMILES string of the molecule is O=C(CCCCC(=O)Nc1cccc2c1C(=O)c1ccccc1C2=O)NO. The van der Waals surface area contributed by atoms with Crippen LogP contribution in [0.5, 0.6) is 0 Å². The highest BCUT2D eigenvalue weighted by molar-refractivity contribution is 6.30. The van der Waals surface area contributed by atoms with E-state index in [0.29, 0.717) is 29.7 Å². The first kappa shape index (κ1) is 18.5.